The van der Waals surface area contributed by atoms with Gasteiger partial charge in [0.2, 0.25) is 0 Å². The van der Waals surface area contributed by atoms with Crippen LogP contribution in [0.2, 0.25) is 0 Å². The second-order valence-electron chi connectivity index (χ2n) is 12.0. The molecule has 226 valence electrons. The van der Waals surface area contributed by atoms with Gasteiger partial charge in [-0.3, -0.25) is 23.7 Å². The van der Waals surface area contributed by atoms with Crippen molar-refractivity contribution in [3.63, 3.8) is 0 Å². The zero-order valence-electron chi connectivity index (χ0n) is 24.7. The number of anilines is 2. The molecule has 1 unspecified atom stereocenters. The van der Waals surface area contributed by atoms with Crippen molar-refractivity contribution in [1.29, 1.82) is 0 Å². The molecule has 0 spiro atoms. The van der Waals surface area contributed by atoms with Gasteiger partial charge in [0.1, 0.15) is 17.0 Å². The predicted octanol–water partition coefficient (Wildman–Crippen LogP) is 2.55. The molecule has 1 atom stereocenters. The maximum Gasteiger partial charge on any atom is 0.280 e. The van der Waals surface area contributed by atoms with Gasteiger partial charge in [-0.15, -0.1) is 0 Å². The Bertz CT molecular complexity index is 2050. The number of nitrogens with zero attached hydrogens (tertiary/aromatic N) is 7. The van der Waals surface area contributed by atoms with Crippen LogP contribution in [0.4, 0.5) is 11.5 Å². The number of aliphatic hydroxyl groups excluding tert-OH is 1. The number of hydrogen-bond donors (Lipinski definition) is 2. The van der Waals surface area contributed by atoms with Crippen LogP contribution in [0.25, 0.3) is 22.5 Å². The van der Waals surface area contributed by atoms with E-state index in [0.29, 0.717) is 45.6 Å². The number of aromatic nitrogens is 6. The number of fused-ring (bicyclic) bond motifs is 4. The molecule has 2 N–H and O–H groups in total. The lowest BCUT2D eigenvalue weighted by atomic mass is 10.0. The molecule has 0 radical (unpaired) electrons. The Morgan fingerprint density at radius 3 is 2.75 bits per heavy atom. The van der Waals surface area contributed by atoms with Crippen molar-refractivity contribution in [3.05, 3.63) is 92.3 Å². The van der Waals surface area contributed by atoms with Crippen LogP contribution >= 0.6 is 0 Å². The van der Waals surface area contributed by atoms with Gasteiger partial charge in [-0.25, -0.2) is 4.98 Å². The molecule has 0 bridgehead atoms. The van der Waals surface area contributed by atoms with Crippen LogP contribution in [0.3, 0.4) is 0 Å². The van der Waals surface area contributed by atoms with E-state index in [2.05, 4.69) is 22.1 Å². The molecule has 8 rings (SSSR count). The Labute approximate surface area is 252 Å². The average Bonchev–Trinajstić information content (AvgIpc) is 3.71. The van der Waals surface area contributed by atoms with E-state index < -0.39 is 0 Å². The van der Waals surface area contributed by atoms with Gasteiger partial charge in [0, 0.05) is 67.3 Å². The second-order valence-corrected chi connectivity index (χ2v) is 12.0. The van der Waals surface area contributed by atoms with Gasteiger partial charge in [-0.1, -0.05) is 0 Å². The SMILES string of the molecule is CC1c2cc(Nc3cc(-c4ccnc(-n5ccn6c7c(cc6c5=O)CCC7)c4CO)cn(C)c3=O)nn2CCN1C1COC1. The van der Waals surface area contributed by atoms with Crippen molar-refractivity contribution in [1.82, 2.24) is 33.2 Å². The summed E-state index contributed by atoms with van der Waals surface area (Å²) in [5.41, 5.74) is 5.94. The number of ether oxygens (including phenoxy) is 1. The van der Waals surface area contributed by atoms with Gasteiger partial charge in [-0.2, -0.15) is 5.10 Å². The third-order valence-corrected chi connectivity index (χ3v) is 9.47. The molecule has 44 heavy (non-hydrogen) atoms. The highest BCUT2D eigenvalue weighted by Gasteiger charge is 2.34. The van der Waals surface area contributed by atoms with Crippen LogP contribution in [0, 0.1) is 0 Å². The van der Waals surface area contributed by atoms with Gasteiger partial charge in [0.15, 0.2) is 5.82 Å². The first-order chi connectivity index (χ1) is 21.4. The summed E-state index contributed by atoms with van der Waals surface area (Å²) >= 11 is 0. The molecule has 2 aliphatic heterocycles. The Balaban J connectivity index is 1.16. The maximum atomic E-state index is 13.6. The molecule has 12 nitrogen and oxygen atoms in total. The van der Waals surface area contributed by atoms with Crippen LogP contribution in [0.1, 0.15) is 41.9 Å². The Morgan fingerprint density at radius 1 is 1.09 bits per heavy atom. The van der Waals surface area contributed by atoms with Gasteiger partial charge in [0.05, 0.1) is 38.1 Å². The van der Waals surface area contributed by atoms with E-state index in [4.69, 9.17) is 9.84 Å². The Hall–Kier alpha value is -4.52. The summed E-state index contributed by atoms with van der Waals surface area (Å²) in [5, 5.41) is 18.6. The van der Waals surface area contributed by atoms with Gasteiger partial charge < -0.3 is 24.1 Å². The summed E-state index contributed by atoms with van der Waals surface area (Å²) in [6, 6.07) is 8.16. The lowest BCUT2D eigenvalue weighted by Gasteiger charge is -2.43. The summed E-state index contributed by atoms with van der Waals surface area (Å²) < 4.78 is 12.4. The number of aliphatic hydroxyl groups is 1. The van der Waals surface area contributed by atoms with Crippen molar-refractivity contribution < 1.29 is 9.84 Å². The number of nitrogens with one attached hydrogen (secondary N) is 1. The molecular weight excluding hydrogens is 560 g/mol. The lowest BCUT2D eigenvalue weighted by molar-refractivity contribution is -0.0847. The van der Waals surface area contributed by atoms with Crippen molar-refractivity contribution >= 4 is 17.0 Å². The topological polar surface area (TPSA) is 124 Å². The second kappa shape index (κ2) is 10.3. The zero-order chi connectivity index (χ0) is 30.1. The minimum Gasteiger partial charge on any atom is -0.392 e. The normalized spacial score (nSPS) is 18.4. The molecule has 5 aromatic heterocycles. The van der Waals surface area contributed by atoms with Gasteiger partial charge in [-0.05, 0) is 55.5 Å². The summed E-state index contributed by atoms with van der Waals surface area (Å²) in [7, 11) is 1.70. The molecule has 7 heterocycles. The number of rotatable bonds is 6. The average molecular weight is 595 g/mol. The van der Waals surface area contributed by atoms with Crippen molar-refractivity contribution in [3.8, 4) is 16.9 Å². The summed E-state index contributed by atoms with van der Waals surface area (Å²) in [5.74, 6) is 0.962. The molecule has 1 fully saturated rings. The van der Waals surface area contributed by atoms with E-state index in [1.807, 2.05) is 27.4 Å². The van der Waals surface area contributed by atoms with Crippen LogP contribution in [-0.4, -0.2) is 64.1 Å². The molecular formula is C32H34N8O4. The van der Waals surface area contributed by atoms with Crippen LogP contribution in [0.15, 0.2) is 58.6 Å². The quantitative estimate of drug-likeness (QED) is 0.308. The third-order valence-electron chi connectivity index (χ3n) is 9.47. The van der Waals surface area contributed by atoms with Crippen LogP contribution in [-0.2, 0) is 37.8 Å². The highest BCUT2D eigenvalue weighted by molar-refractivity contribution is 5.73. The molecule has 0 aromatic carbocycles. The number of pyridine rings is 2. The minimum absolute atomic E-state index is 0.188. The largest absolute Gasteiger partial charge is 0.392 e. The van der Waals surface area contributed by atoms with Crippen LogP contribution < -0.4 is 16.4 Å². The standard InChI is InChI=1S/C32H34N8O4/c1-19-27-14-29(35-40(27)11-10-37(19)22-17-44-18-22)34-25-12-21(15-36(2)31(25)42)23-6-7-33-30(24(23)16-41)39-9-8-38-26-5-3-4-20(26)13-28(38)32(39)43/h6-9,12-15,19,22,41H,3-5,10-11,16-18H2,1-2H3,(H,34,35). The molecule has 3 aliphatic rings. The van der Waals surface area contributed by atoms with Gasteiger partial charge >= 0.3 is 0 Å². The van der Waals surface area contributed by atoms with E-state index in [1.165, 1.54) is 20.4 Å². The molecule has 1 saturated heterocycles. The van der Waals surface area contributed by atoms with E-state index in [1.54, 1.807) is 37.8 Å². The summed E-state index contributed by atoms with van der Waals surface area (Å²) in [6.45, 7) is 5.03. The van der Waals surface area contributed by atoms with E-state index >= 15 is 0 Å². The number of hydrogen-bond acceptors (Lipinski definition) is 8. The van der Waals surface area contributed by atoms with E-state index in [0.717, 1.165) is 51.3 Å². The highest BCUT2D eigenvalue weighted by atomic mass is 16.5. The molecule has 0 amide bonds. The first-order valence-corrected chi connectivity index (χ1v) is 15.1. The third kappa shape index (κ3) is 4.16. The van der Waals surface area contributed by atoms with E-state index in [-0.39, 0.29) is 23.8 Å². The summed E-state index contributed by atoms with van der Waals surface area (Å²) in [6.07, 6.45) is 10.0. The number of aryl methyl sites for hydroxylation is 3. The summed E-state index contributed by atoms with van der Waals surface area (Å²) in [4.78, 5) is 33.9. The lowest BCUT2D eigenvalue weighted by Crippen LogP contribution is -2.52. The maximum absolute atomic E-state index is 13.6. The van der Waals surface area contributed by atoms with Crippen LogP contribution in [0.5, 0.6) is 0 Å². The van der Waals surface area contributed by atoms with Crippen molar-refractivity contribution in [2.75, 3.05) is 25.1 Å². The minimum atomic E-state index is -0.340. The fourth-order valence-corrected chi connectivity index (χ4v) is 7.08. The molecule has 0 saturated carbocycles. The molecule has 5 aromatic rings. The fourth-order valence-electron chi connectivity index (χ4n) is 7.08. The molecule has 1 aliphatic carbocycles. The predicted molar refractivity (Wildman–Crippen MR) is 165 cm³/mol. The first kappa shape index (κ1) is 27.1. The Kier molecular flexibility index (Phi) is 6.33. The first-order valence-electron chi connectivity index (χ1n) is 15.1. The van der Waals surface area contributed by atoms with Crippen molar-refractivity contribution in [2.24, 2.45) is 7.05 Å². The molecule has 12 heteroatoms. The smallest absolute Gasteiger partial charge is 0.280 e. The fraction of sp³-hybridized carbons (Fsp3) is 0.375. The monoisotopic (exact) mass is 594 g/mol. The van der Waals surface area contributed by atoms with Gasteiger partial charge in [0.25, 0.3) is 11.1 Å². The zero-order valence-corrected chi connectivity index (χ0v) is 24.7. The van der Waals surface area contributed by atoms with Crippen molar-refractivity contribution in [2.45, 2.75) is 51.4 Å². The highest BCUT2D eigenvalue weighted by Crippen LogP contribution is 2.33. The Morgan fingerprint density at radius 2 is 1.95 bits per heavy atom. The van der Waals surface area contributed by atoms with E-state index in [9.17, 15) is 14.7 Å².